The highest BCUT2D eigenvalue weighted by atomic mass is 19.1. The van der Waals surface area contributed by atoms with E-state index in [0.29, 0.717) is 30.4 Å². The molecule has 2 aromatic carbocycles. The minimum Gasteiger partial charge on any atom is -0.349 e. The van der Waals surface area contributed by atoms with E-state index in [1.54, 1.807) is 12.1 Å². The summed E-state index contributed by atoms with van der Waals surface area (Å²) in [4.78, 5) is 19.6. The van der Waals surface area contributed by atoms with Crippen molar-refractivity contribution in [3.05, 3.63) is 70.9 Å². The molecule has 2 heterocycles. The number of piperidine rings is 1. The van der Waals surface area contributed by atoms with Gasteiger partial charge >= 0.3 is 0 Å². The third-order valence-electron chi connectivity index (χ3n) is 6.06. The summed E-state index contributed by atoms with van der Waals surface area (Å²) in [6.07, 6.45) is 1.81. The van der Waals surface area contributed by atoms with Crippen LogP contribution in [-0.2, 0) is 11.3 Å². The van der Waals surface area contributed by atoms with Crippen LogP contribution in [0, 0.1) is 25.6 Å². The fourth-order valence-electron chi connectivity index (χ4n) is 4.36. The van der Waals surface area contributed by atoms with Crippen LogP contribution >= 0.6 is 0 Å². The number of halogens is 1. The van der Waals surface area contributed by atoms with E-state index in [9.17, 15) is 9.18 Å². The zero-order valence-electron chi connectivity index (χ0n) is 18.8. The molecule has 0 saturated carbocycles. The molecule has 0 spiro atoms. The SMILES string of the molecule is Cc1ccc(C(C)NC(=O)C2CCCN(Cc3nc(-c4ccc(F)cc4)no3)C2)c(C)c1. The van der Waals surface area contributed by atoms with Crippen molar-refractivity contribution >= 4 is 5.91 Å². The second-order valence-electron chi connectivity index (χ2n) is 8.68. The van der Waals surface area contributed by atoms with Gasteiger partial charge in [0.2, 0.25) is 17.6 Å². The number of aryl methyl sites for hydroxylation is 2. The number of likely N-dealkylation sites (tertiary alicyclic amines) is 1. The Labute approximate surface area is 187 Å². The molecule has 0 radical (unpaired) electrons. The molecule has 32 heavy (non-hydrogen) atoms. The van der Waals surface area contributed by atoms with Gasteiger partial charge in [0.1, 0.15) is 5.82 Å². The molecule has 2 atom stereocenters. The Morgan fingerprint density at radius 3 is 2.78 bits per heavy atom. The summed E-state index contributed by atoms with van der Waals surface area (Å²) in [5.74, 6) is 0.640. The summed E-state index contributed by atoms with van der Waals surface area (Å²) in [5.41, 5.74) is 4.27. The van der Waals surface area contributed by atoms with Gasteiger partial charge in [0, 0.05) is 12.1 Å². The quantitative estimate of drug-likeness (QED) is 0.612. The van der Waals surface area contributed by atoms with Crippen LogP contribution < -0.4 is 5.32 Å². The minimum atomic E-state index is -0.304. The summed E-state index contributed by atoms with van der Waals surface area (Å²) >= 11 is 0. The van der Waals surface area contributed by atoms with Gasteiger partial charge in [0.25, 0.3) is 0 Å². The van der Waals surface area contributed by atoms with Crippen molar-refractivity contribution in [1.29, 1.82) is 0 Å². The highest BCUT2D eigenvalue weighted by Crippen LogP contribution is 2.23. The Kier molecular flexibility index (Phi) is 6.65. The molecule has 6 nitrogen and oxygen atoms in total. The van der Waals surface area contributed by atoms with E-state index in [-0.39, 0.29) is 23.7 Å². The normalized spacial score (nSPS) is 17.8. The van der Waals surface area contributed by atoms with Gasteiger partial charge in [-0.2, -0.15) is 4.98 Å². The average Bonchev–Trinajstić information content (AvgIpc) is 3.22. The lowest BCUT2D eigenvalue weighted by Gasteiger charge is -2.31. The molecule has 0 aliphatic carbocycles. The van der Waals surface area contributed by atoms with Crippen LogP contribution in [0.1, 0.15) is 48.4 Å². The molecule has 1 aliphatic heterocycles. The molecule has 2 unspecified atom stereocenters. The summed E-state index contributed by atoms with van der Waals surface area (Å²) in [5, 5.41) is 7.20. The first kappa shape index (κ1) is 22.1. The highest BCUT2D eigenvalue weighted by Gasteiger charge is 2.28. The van der Waals surface area contributed by atoms with Crippen LogP contribution in [-0.4, -0.2) is 34.0 Å². The molecule has 7 heteroatoms. The number of rotatable bonds is 6. The second kappa shape index (κ2) is 9.61. The first-order valence-corrected chi connectivity index (χ1v) is 11.1. The van der Waals surface area contributed by atoms with Gasteiger partial charge in [-0.15, -0.1) is 0 Å². The van der Waals surface area contributed by atoms with Gasteiger partial charge in [-0.05, 0) is 75.5 Å². The van der Waals surface area contributed by atoms with E-state index in [2.05, 4.69) is 52.4 Å². The molecular formula is C25H29FN4O2. The Balaban J connectivity index is 1.35. The van der Waals surface area contributed by atoms with Crippen LogP contribution in [0.15, 0.2) is 47.0 Å². The number of carbonyl (C=O) groups is 1. The molecular weight excluding hydrogens is 407 g/mol. The smallest absolute Gasteiger partial charge is 0.241 e. The standard InChI is InChI=1S/C25H29FN4O2/c1-16-6-11-22(17(2)13-16)18(3)27-25(31)20-5-4-12-30(14-20)15-23-28-24(29-32-23)19-7-9-21(26)10-8-19/h6-11,13,18,20H,4-5,12,14-15H2,1-3H3,(H,27,31). The van der Waals surface area contributed by atoms with Gasteiger partial charge < -0.3 is 9.84 Å². The first-order valence-electron chi connectivity index (χ1n) is 11.1. The summed E-state index contributed by atoms with van der Waals surface area (Å²) < 4.78 is 18.5. The van der Waals surface area contributed by atoms with Crippen molar-refractivity contribution in [3.8, 4) is 11.4 Å². The van der Waals surface area contributed by atoms with Gasteiger partial charge in [-0.25, -0.2) is 4.39 Å². The molecule has 168 valence electrons. The number of benzene rings is 2. The van der Waals surface area contributed by atoms with Crippen molar-refractivity contribution in [2.75, 3.05) is 13.1 Å². The predicted molar refractivity (Wildman–Crippen MR) is 120 cm³/mol. The largest absolute Gasteiger partial charge is 0.349 e. The van der Waals surface area contributed by atoms with E-state index < -0.39 is 0 Å². The average molecular weight is 437 g/mol. The molecule has 1 amide bonds. The third-order valence-corrected chi connectivity index (χ3v) is 6.06. The van der Waals surface area contributed by atoms with Crippen molar-refractivity contribution in [2.45, 2.75) is 46.2 Å². The lowest BCUT2D eigenvalue weighted by atomic mass is 9.95. The molecule has 1 aliphatic rings. The number of nitrogens with zero attached hydrogens (tertiary/aromatic N) is 3. The summed E-state index contributed by atoms with van der Waals surface area (Å²) in [7, 11) is 0. The van der Waals surface area contributed by atoms with Crippen LogP contribution in [0.2, 0.25) is 0 Å². The zero-order chi connectivity index (χ0) is 22.7. The Hall–Kier alpha value is -3.06. The lowest BCUT2D eigenvalue weighted by molar-refractivity contribution is -0.127. The van der Waals surface area contributed by atoms with Gasteiger partial charge in [-0.3, -0.25) is 9.69 Å². The number of amides is 1. The third kappa shape index (κ3) is 5.22. The molecule has 0 bridgehead atoms. The number of aromatic nitrogens is 2. The van der Waals surface area contributed by atoms with Crippen LogP contribution in [0.4, 0.5) is 4.39 Å². The van der Waals surface area contributed by atoms with Crippen LogP contribution in [0.5, 0.6) is 0 Å². The Bertz CT molecular complexity index is 1080. The zero-order valence-corrected chi connectivity index (χ0v) is 18.8. The van der Waals surface area contributed by atoms with Crippen molar-refractivity contribution < 1.29 is 13.7 Å². The summed E-state index contributed by atoms with van der Waals surface area (Å²) in [6, 6.07) is 12.3. The Morgan fingerprint density at radius 2 is 2.03 bits per heavy atom. The Morgan fingerprint density at radius 1 is 1.25 bits per heavy atom. The number of hydrogen-bond acceptors (Lipinski definition) is 5. The maximum atomic E-state index is 13.1. The van der Waals surface area contributed by atoms with E-state index in [4.69, 9.17) is 4.52 Å². The topological polar surface area (TPSA) is 71.3 Å². The molecule has 1 fully saturated rings. The molecule has 1 N–H and O–H groups in total. The molecule has 4 rings (SSSR count). The summed E-state index contributed by atoms with van der Waals surface area (Å²) in [6.45, 7) is 8.21. The van der Waals surface area contributed by atoms with Gasteiger partial charge in [0.15, 0.2) is 0 Å². The fraction of sp³-hybridized carbons (Fsp3) is 0.400. The van der Waals surface area contributed by atoms with Crippen LogP contribution in [0.3, 0.4) is 0 Å². The number of nitrogens with one attached hydrogen (secondary N) is 1. The molecule has 1 aromatic heterocycles. The number of carbonyl (C=O) groups excluding carboxylic acids is 1. The van der Waals surface area contributed by atoms with Crippen molar-refractivity contribution in [2.24, 2.45) is 5.92 Å². The number of hydrogen-bond donors (Lipinski definition) is 1. The van der Waals surface area contributed by atoms with Crippen LogP contribution in [0.25, 0.3) is 11.4 Å². The molecule has 1 saturated heterocycles. The fourth-order valence-corrected chi connectivity index (χ4v) is 4.36. The maximum Gasteiger partial charge on any atom is 0.241 e. The second-order valence-corrected chi connectivity index (χ2v) is 8.68. The van der Waals surface area contributed by atoms with E-state index in [1.165, 1.54) is 23.3 Å². The van der Waals surface area contributed by atoms with E-state index in [0.717, 1.165) is 24.9 Å². The van der Waals surface area contributed by atoms with Crippen molar-refractivity contribution in [1.82, 2.24) is 20.4 Å². The van der Waals surface area contributed by atoms with E-state index >= 15 is 0 Å². The van der Waals surface area contributed by atoms with Crippen molar-refractivity contribution in [3.63, 3.8) is 0 Å². The highest BCUT2D eigenvalue weighted by molar-refractivity contribution is 5.79. The monoisotopic (exact) mass is 436 g/mol. The van der Waals surface area contributed by atoms with Gasteiger partial charge in [0.05, 0.1) is 18.5 Å². The maximum absolute atomic E-state index is 13.1. The predicted octanol–water partition coefficient (Wildman–Crippen LogP) is 4.58. The molecule has 3 aromatic rings. The minimum absolute atomic E-state index is 0.0346. The lowest BCUT2D eigenvalue weighted by Crippen LogP contribution is -2.43. The van der Waals surface area contributed by atoms with E-state index in [1.807, 2.05) is 6.92 Å². The van der Waals surface area contributed by atoms with Gasteiger partial charge in [-0.1, -0.05) is 28.9 Å². The first-order chi connectivity index (χ1) is 15.4.